The van der Waals surface area contributed by atoms with Gasteiger partial charge in [-0.05, 0) is 34.4 Å². The Hall–Kier alpha value is 1.14. The average molecular weight is 334 g/mol. The Morgan fingerprint density at radius 1 is 0.905 bits per heavy atom. The molecule has 102 valence electrons. The molecule has 0 aliphatic carbocycles. The molecule has 0 atom stereocenters. The van der Waals surface area contributed by atoms with Crippen LogP contribution in [-0.2, 0) is 0 Å². The fourth-order valence-electron chi connectivity index (χ4n) is 2.84. The molecule has 1 aliphatic heterocycles. The van der Waals surface area contributed by atoms with E-state index in [4.69, 9.17) is 0 Å². The van der Waals surface area contributed by atoms with E-state index in [2.05, 4.69) is 75.0 Å². The number of rotatable bonds is 2. The second-order valence-electron chi connectivity index (χ2n) is 5.76. The van der Waals surface area contributed by atoms with Crippen LogP contribution in [0.25, 0.3) is 0 Å². The summed E-state index contributed by atoms with van der Waals surface area (Å²) in [5.74, 6) is 1.31. The van der Waals surface area contributed by atoms with Crippen LogP contribution in [0.4, 0.5) is 0 Å². The summed E-state index contributed by atoms with van der Waals surface area (Å²) in [6, 6.07) is 17.6. The van der Waals surface area contributed by atoms with Crippen molar-refractivity contribution in [3.63, 3.8) is 0 Å². The van der Waals surface area contributed by atoms with E-state index >= 15 is 0 Å². The van der Waals surface area contributed by atoms with Crippen molar-refractivity contribution in [1.29, 1.82) is 0 Å². The van der Waals surface area contributed by atoms with Crippen molar-refractivity contribution < 1.29 is 0 Å². The van der Waals surface area contributed by atoms with E-state index in [9.17, 15) is 0 Å². The standard InChI is InChI=1S/C17H18S2.2Na.2H/c1-17(2,11-18)16-12-7-3-5-9-14(12)19-15-10-6-4-8-13(15)16;;;;/h3-10,16,18H,11H2,1-2H3;;;;. The summed E-state index contributed by atoms with van der Waals surface area (Å²) < 4.78 is 0. The van der Waals surface area contributed by atoms with Gasteiger partial charge in [0.1, 0.15) is 0 Å². The maximum absolute atomic E-state index is 4.59. The van der Waals surface area contributed by atoms with Gasteiger partial charge in [0, 0.05) is 15.7 Å². The molecule has 1 aliphatic rings. The van der Waals surface area contributed by atoms with Crippen LogP contribution in [0.2, 0.25) is 0 Å². The molecule has 0 aromatic heterocycles. The summed E-state index contributed by atoms with van der Waals surface area (Å²) in [6.07, 6.45) is 0. The van der Waals surface area contributed by atoms with Crippen LogP contribution >= 0.6 is 24.4 Å². The zero-order valence-corrected chi connectivity index (χ0v) is 13.0. The van der Waals surface area contributed by atoms with Crippen LogP contribution in [-0.4, -0.2) is 64.9 Å². The third-order valence-corrected chi connectivity index (χ3v) is 5.87. The fourth-order valence-corrected chi connectivity index (χ4v) is 4.16. The van der Waals surface area contributed by atoms with E-state index in [0.29, 0.717) is 5.92 Å². The molecule has 1 heterocycles. The molecule has 0 radical (unpaired) electrons. The van der Waals surface area contributed by atoms with Crippen LogP contribution < -0.4 is 0 Å². The zero-order valence-electron chi connectivity index (χ0n) is 11.3. The summed E-state index contributed by atoms with van der Waals surface area (Å²) in [5.41, 5.74) is 3.05. The van der Waals surface area contributed by atoms with Gasteiger partial charge in [-0.1, -0.05) is 62.0 Å². The van der Waals surface area contributed by atoms with Gasteiger partial charge in [-0.15, -0.1) is 0 Å². The first-order valence-corrected chi connectivity index (χ1v) is 8.05. The molecule has 21 heavy (non-hydrogen) atoms. The minimum absolute atomic E-state index is 0. The van der Waals surface area contributed by atoms with E-state index in [1.807, 2.05) is 11.8 Å². The van der Waals surface area contributed by atoms with Crippen molar-refractivity contribution in [3.8, 4) is 0 Å². The maximum atomic E-state index is 4.59. The summed E-state index contributed by atoms with van der Waals surface area (Å²) in [5, 5.41) is 0. The summed E-state index contributed by atoms with van der Waals surface area (Å²) >= 11 is 6.48. The van der Waals surface area contributed by atoms with Gasteiger partial charge in [-0.2, -0.15) is 12.6 Å². The molecule has 0 fully saturated rings. The number of hydrogen-bond acceptors (Lipinski definition) is 2. The number of hydrogen-bond donors (Lipinski definition) is 1. The van der Waals surface area contributed by atoms with Crippen LogP contribution in [0.5, 0.6) is 0 Å². The van der Waals surface area contributed by atoms with Gasteiger partial charge in [0.25, 0.3) is 0 Å². The predicted octanol–water partition coefficient (Wildman–Crippen LogP) is 3.94. The molecule has 0 nitrogen and oxygen atoms in total. The third-order valence-electron chi connectivity index (χ3n) is 3.87. The van der Waals surface area contributed by atoms with Gasteiger partial charge in [-0.25, -0.2) is 0 Å². The number of fused-ring (bicyclic) bond motifs is 2. The van der Waals surface area contributed by atoms with Gasteiger partial charge in [0.15, 0.2) is 0 Å². The molecule has 0 N–H and O–H groups in total. The quantitative estimate of drug-likeness (QED) is 0.641. The summed E-state index contributed by atoms with van der Waals surface area (Å²) in [6.45, 7) is 4.63. The molecule has 2 aromatic rings. The van der Waals surface area contributed by atoms with E-state index in [-0.39, 0.29) is 64.5 Å². The molecule has 0 saturated carbocycles. The fraction of sp³-hybridized carbons (Fsp3) is 0.294. The first-order valence-electron chi connectivity index (χ1n) is 6.60. The van der Waals surface area contributed by atoms with Crippen LogP contribution in [0.15, 0.2) is 58.3 Å². The second-order valence-corrected chi connectivity index (χ2v) is 7.16. The summed E-state index contributed by atoms with van der Waals surface area (Å²) in [4.78, 5) is 2.78. The third kappa shape index (κ3) is 3.97. The van der Waals surface area contributed by atoms with E-state index in [0.717, 1.165) is 5.75 Å². The van der Waals surface area contributed by atoms with Crippen LogP contribution in [0.3, 0.4) is 0 Å². The monoisotopic (exact) mass is 334 g/mol. The topological polar surface area (TPSA) is 0 Å². The molecule has 0 amide bonds. The van der Waals surface area contributed by atoms with Crippen LogP contribution in [0, 0.1) is 5.41 Å². The van der Waals surface area contributed by atoms with Crippen molar-refractivity contribution in [2.45, 2.75) is 29.6 Å². The van der Waals surface area contributed by atoms with Crippen molar-refractivity contribution in [3.05, 3.63) is 59.7 Å². The average Bonchev–Trinajstić information content (AvgIpc) is 2.44. The van der Waals surface area contributed by atoms with Gasteiger partial charge in [-0.3, -0.25) is 0 Å². The number of thiol groups is 1. The Morgan fingerprint density at radius 3 is 1.76 bits per heavy atom. The molecular formula is C17H20Na2S2. The predicted molar refractivity (Wildman–Crippen MR) is 101 cm³/mol. The zero-order chi connectivity index (χ0) is 13.5. The Morgan fingerprint density at radius 2 is 1.33 bits per heavy atom. The van der Waals surface area contributed by atoms with E-state index < -0.39 is 0 Å². The normalized spacial score (nSPS) is 13.5. The molecule has 0 saturated heterocycles. The van der Waals surface area contributed by atoms with E-state index in [1.54, 1.807) is 0 Å². The molecule has 0 bridgehead atoms. The molecule has 0 spiro atoms. The van der Waals surface area contributed by atoms with Crippen molar-refractivity contribution >= 4 is 83.5 Å². The molecule has 0 unspecified atom stereocenters. The molecular weight excluding hydrogens is 314 g/mol. The molecule has 3 rings (SSSR count). The Labute approximate surface area is 181 Å². The molecule has 4 heteroatoms. The Bertz CT molecular complexity index is 566. The Balaban J connectivity index is 0.00000110. The first-order chi connectivity index (χ1) is 9.13. The van der Waals surface area contributed by atoms with E-state index in [1.165, 1.54) is 20.9 Å². The first kappa shape index (κ1) is 20.2. The van der Waals surface area contributed by atoms with Crippen molar-refractivity contribution in [2.24, 2.45) is 5.41 Å². The minimum atomic E-state index is 0. The van der Waals surface area contributed by atoms with Gasteiger partial charge < -0.3 is 0 Å². The van der Waals surface area contributed by atoms with Gasteiger partial charge >= 0.3 is 59.1 Å². The van der Waals surface area contributed by atoms with Crippen LogP contribution in [0.1, 0.15) is 30.9 Å². The van der Waals surface area contributed by atoms with Gasteiger partial charge in [0.05, 0.1) is 0 Å². The summed E-state index contributed by atoms with van der Waals surface area (Å²) in [7, 11) is 0. The molecule has 2 aromatic carbocycles. The Kier molecular flexibility index (Phi) is 7.98. The second kappa shape index (κ2) is 8.30. The number of benzene rings is 2. The van der Waals surface area contributed by atoms with Gasteiger partial charge in [0.2, 0.25) is 0 Å². The SMILES string of the molecule is CC(C)(CS)C1c2ccccc2Sc2ccccc21.[NaH].[NaH]. The van der Waals surface area contributed by atoms with Crippen molar-refractivity contribution in [1.82, 2.24) is 0 Å². The van der Waals surface area contributed by atoms with Crippen molar-refractivity contribution in [2.75, 3.05) is 5.75 Å².